The van der Waals surface area contributed by atoms with E-state index in [0.717, 1.165) is 17.5 Å². The molecule has 3 amide bonds. The minimum absolute atomic E-state index is 0.162. The first-order valence-electron chi connectivity index (χ1n) is 8.89. The first-order chi connectivity index (χ1) is 13.0. The van der Waals surface area contributed by atoms with Gasteiger partial charge in [-0.05, 0) is 54.3 Å². The van der Waals surface area contributed by atoms with Crippen molar-refractivity contribution >= 4 is 35.1 Å². The van der Waals surface area contributed by atoms with Gasteiger partial charge in [0.15, 0.2) is 0 Å². The van der Waals surface area contributed by atoms with Gasteiger partial charge in [0.2, 0.25) is 0 Å². The normalized spacial score (nSPS) is 16.1. The highest BCUT2D eigenvalue weighted by atomic mass is 35.5. The fourth-order valence-corrected chi connectivity index (χ4v) is 3.63. The number of rotatable bonds is 2. The molecule has 0 spiro atoms. The first kappa shape index (κ1) is 17.7. The average molecular weight is 386 g/mol. The van der Waals surface area contributed by atoms with E-state index in [0.29, 0.717) is 42.6 Å². The molecule has 0 aliphatic carbocycles. The lowest BCUT2D eigenvalue weighted by Gasteiger charge is -2.29. The van der Waals surface area contributed by atoms with Gasteiger partial charge in [-0.2, -0.15) is 0 Å². The van der Waals surface area contributed by atoms with Crippen molar-refractivity contribution in [3.8, 4) is 0 Å². The zero-order valence-corrected chi connectivity index (χ0v) is 15.8. The van der Waals surface area contributed by atoms with Crippen molar-refractivity contribution in [2.45, 2.75) is 19.9 Å². The van der Waals surface area contributed by atoms with Gasteiger partial charge < -0.3 is 15.0 Å². The van der Waals surface area contributed by atoms with Crippen molar-refractivity contribution in [2.75, 3.05) is 29.9 Å². The molecule has 4 rings (SSSR count). The zero-order chi connectivity index (χ0) is 19.0. The summed E-state index contributed by atoms with van der Waals surface area (Å²) in [6, 6.07) is 11.2. The molecule has 27 heavy (non-hydrogen) atoms. The number of hydrogen-bond donors (Lipinski definition) is 1. The Morgan fingerprint density at radius 1 is 1.15 bits per heavy atom. The number of urea groups is 1. The molecule has 140 valence electrons. The van der Waals surface area contributed by atoms with E-state index in [1.165, 1.54) is 5.56 Å². The largest absolute Gasteiger partial charge is 0.447 e. The summed E-state index contributed by atoms with van der Waals surface area (Å²) in [5, 5.41) is 3.66. The van der Waals surface area contributed by atoms with Crippen LogP contribution in [0.25, 0.3) is 0 Å². The minimum Gasteiger partial charge on any atom is -0.447 e. The number of benzene rings is 2. The van der Waals surface area contributed by atoms with Gasteiger partial charge in [-0.25, -0.2) is 9.59 Å². The van der Waals surface area contributed by atoms with Crippen LogP contribution in [0, 0.1) is 6.92 Å². The van der Waals surface area contributed by atoms with E-state index >= 15 is 0 Å². The molecule has 2 heterocycles. The number of hydrogen-bond acceptors (Lipinski definition) is 3. The van der Waals surface area contributed by atoms with Crippen molar-refractivity contribution in [3.05, 3.63) is 58.1 Å². The summed E-state index contributed by atoms with van der Waals surface area (Å²) in [7, 11) is 0. The number of ether oxygens (including phenoxy) is 1. The predicted octanol–water partition coefficient (Wildman–Crippen LogP) is 4.20. The molecule has 0 unspecified atom stereocenters. The molecule has 7 heteroatoms. The van der Waals surface area contributed by atoms with Crippen LogP contribution in [-0.2, 0) is 17.7 Å². The van der Waals surface area contributed by atoms with Gasteiger partial charge in [-0.15, -0.1) is 0 Å². The molecule has 0 bridgehead atoms. The molecule has 1 N–H and O–H groups in total. The molecule has 6 nitrogen and oxygen atoms in total. The second-order valence-corrected chi connectivity index (χ2v) is 7.22. The third-order valence-electron chi connectivity index (χ3n) is 5.00. The third kappa shape index (κ3) is 3.57. The lowest BCUT2D eigenvalue weighted by Crippen LogP contribution is -2.39. The molecule has 0 atom stereocenters. The van der Waals surface area contributed by atoms with Crippen LogP contribution in [0.15, 0.2) is 36.4 Å². The van der Waals surface area contributed by atoms with Crippen molar-refractivity contribution < 1.29 is 14.3 Å². The maximum atomic E-state index is 12.8. The van der Waals surface area contributed by atoms with Gasteiger partial charge in [0.1, 0.15) is 6.61 Å². The van der Waals surface area contributed by atoms with Crippen LogP contribution < -0.4 is 10.2 Å². The Balaban J connectivity index is 1.50. The molecule has 1 fully saturated rings. The van der Waals surface area contributed by atoms with Crippen molar-refractivity contribution in [1.82, 2.24) is 4.90 Å². The molecule has 0 aromatic heterocycles. The predicted molar refractivity (Wildman–Crippen MR) is 104 cm³/mol. The molecule has 2 aliphatic heterocycles. The van der Waals surface area contributed by atoms with Crippen LogP contribution in [-0.4, -0.2) is 36.7 Å². The molecular weight excluding hydrogens is 366 g/mol. The Bertz CT molecular complexity index is 915. The summed E-state index contributed by atoms with van der Waals surface area (Å²) in [4.78, 5) is 27.9. The number of aryl methyl sites for hydroxylation is 1. The number of carbonyl (C=O) groups excluding carboxylic acids is 2. The molecule has 2 aromatic carbocycles. The summed E-state index contributed by atoms with van der Waals surface area (Å²) < 4.78 is 4.99. The average Bonchev–Trinajstić information content (AvgIpc) is 3.08. The molecular formula is C20H20ClN3O3. The summed E-state index contributed by atoms with van der Waals surface area (Å²) >= 11 is 6.08. The molecule has 0 radical (unpaired) electrons. The Labute approximate surface area is 162 Å². The second kappa shape index (κ2) is 7.12. The SMILES string of the molecule is Cc1ccc(N2CCOC2=O)cc1NC(=O)N1CCc2ccc(Cl)cc2C1. The third-order valence-corrected chi connectivity index (χ3v) is 5.24. The number of fused-ring (bicyclic) bond motifs is 1. The van der Waals surface area contributed by atoms with Crippen LogP contribution in [0.1, 0.15) is 16.7 Å². The lowest BCUT2D eigenvalue weighted by molar-refractivity contribution is 0.181. The minimum atomic E-state index is -0.361. The van der Waals surface area contributed by atoms with Gasteiger partial charge in [0.25, 0.3) is 0 Å². The van der Waals surface area contributed by atoms with E-state index in [4.69, 9.17) is 16.3 Å². The Kier molecular flexibility index (Phi) is 4.66. The van der Waals surface area contributed by atoms with E-state index in [9.17, 15) is 9.59 Å². The van der Waals surface area contributed by atoms with Crippen molar-refractivity contribution in [2.24, 2.45) is 0 Å². The number of anilines is 2. The molecule has 1 saturated heterocycles. The number of carbonyl (C=O) groups is 2. The summed E-state index contributed by atoms with van der Waals surface area (Å²) in [5.41, 5.74) is 4.65. The number of nitrogens with zero attached hydrogens (tertiary/aromatic N) is 2. The van der Waals surface area contributed by atoms with E-state index in [2.05, 4.69) is 5.32 Å². The quantitative estimate of drug-likeness (QED) is 0.842. The van der Waals surface area contributed by atoms with Crippen LogP contribution in [0.4, 0.5) is 21.0 Å². The van der Waals surface area contributed by atoms with Crippen LogP contribution in [0.5, 0.6) is 0 Å². The van der Waals surface area contributed by atoms with Crippen LogP contribution in [0.3, 0.4) is 0 Å². The smallest absolute Gasteiger partial charge is 0.414 e. The zero-order valence-electron chi connectivity index (χ0n) is 15.0. The van der Waals surface area contributed by atoms with Gasteiger partial charge in [-0.1, -0.05) is 23.7 Å². The number of amides is 3. The fraction of sp³-hybridized carbons (Fsp3) is 0.300. The Morgan fingerprint density at radius 3 is 2.78 bits per heavy atom. The topological polar surface area (TPSA) is 61.9 Å². The van der Waals surface area contributed by atoms with Crippen molar-refractivity contribution in [1.29, 1.82) is 0 Å². The lowest BCUT2D eigenvalue weighted by atomic mass is 10.0. The first-order valence-corrected chi connectivity index (χ1v) is 9.27. The van der Waals surface area contributed by atoms with Gasteiger partial charge in [0, 0.05) is 29.5 Å². The number of nitrogens with one attached hydrogen (secondary N) is 1. The van der Waals surface area contributed by atoms with Gasteiger partial charge in [-0.3, -0.25) is 4.90 Å². The van der Waals surface area contributed by atoms with Crippen LogP contribution >= 0.6 is 11.6 Å². The Hall–Kier alpha value is -2.73. The highest BCUT2D eigenvalue weighted by Crippen LogP contribution is 2.27. The van der Waals surface area contributed by atoms with Gasteiger partial charge >= 0.3 is 12.1 Å². The summed E-state index contributed by atoms with van der Waals surface area (Å²) in [5.74, 6) is 0. The molecule has 2 aromatic rings. The molecule has 2 aliphatic rings. The summed E-state index contributed by atoms with van der Waals surface area (Å²) in [6.07, 6.45) is 0.444. The monoisotopic (exact) mass is 385 g/mol. The number of halogens is 1. The van der Waals surface area contributed by atoms with Crippen molar-refractivity contribution in [3.63, 3.8) is 0 Å². The van der Waals surface area contributed by atoms with E-state index in [1.807, 2.05) is 43.3 Å². The highest BCUT2D eigenvalue weighted by molar-refractivity contribution is 6.30. The standard InChI is InChI=1S/C20H20ClN3O3/c1-13-2-5-17(24-8-9-27-20(24)26)11-18(13)22-19(25)23-7-6-14-3-4-16(21)10-15(14)12-23/h2-5,10-11H,6-9,12H2,1H3,(H,22,25). The second-order valence-electron chi connectivity index (χ2n) is 6.78. The van der Waals surface area contributed by atoms with Crippen LogP contribution in [0.2, 0.25) is 5.02 Å². The fourth-order valence-electron chi connectivity index (χ4n) is 3.43. The van der Waals surface area contributed by atoms with E-state index in [-0.39, 0.29) is 12.1 Å². The van der Waals surface area contributed by atoms with E-state index in [1.54, 1.807) is 9.80 Å². The van der Waals surface area contributed by atoms with E-state index < -0.39 is 0 Å². The molecule has 0 saturated carbocycles. The van der Waals surface area contributed by atoms with Gasteiger partial charge in [0.05, 0.1) is 6.54 Å². The number of cyclic esters (lactones) is 1. The maximum absolute atomic E-state index is 12.8. The summed E-state index contributed by atoms with van der Waals surface area (Å²) in [6.45, 7) is 3.99. The maximum Gasteiger partial charge on any atom is 0.414 e. The Morgan fingerprint density at radius 2 is 2.00 bits per heavy atom. The highest BCUT2D eigenvalue weighted by Gasteiger charge is 2.25.